The first-order valence-electron chi connectivity index (χ1n) is 8.32. The van der Waals surface area contributed by atoms with Gasteiger partial charge in [0.2, 0.25) is 5.95 Å². The van der Waals surface area contributed by atoms with E-state index in [1.807, 2.05) is 11.4 Å². The Hall–Kier alpha value is -3.52. The molecule has 4 rings (SSSR count). The first kappa shape index (κ1) is 17.9. The van der Waals surface area contributed by atoms with Gasteiger partial charge in [-0.25, -0.2) is 19.3 Å². The molecule has 4 aromatic rings. The quantitative estimate of drug-likeness (QED) is 0.480. The van der Waals surface area contributed by atoms with Crippen LogP contribution in [0.5, 0.6) is 17.2 Å². The Morgan fingerprint density at radius 3 is 2.71 bits per heavy atom. The minimum absolute atomic E-state index is 0.373. The predicted molar refractivity (Wildman–Crippen MR) is 106 cm³/mol. The van der Waals surface area contributed by atoms with E-state index in [4.69, 9.17) is 9.47 Å². The zero-order valence-corrected chi connectivity index (χ0v) is 15.6. The van der Waals surface area contributed by atoms with Gasteiger partial charge in [-0.1, -0.05) is 6.07 Å². The van der Waals surface area contributed by atoms with Gasteiger partial charge in [-0.15, -0.1) is 11.3 Å². The molecule has 2 aromatic heterocycles. The molecule has 0 aliphatic carbocycles. The number of nitrogens with one attached hydrogen (secondary N) is 1. The molecule has 0 atom stereocenters. The van der Waals surface area contributed by atoms with Crippen molar-refractivity contribution in [2.75, 3.05) is 12.4 Å². The highest BCUT2D eigenvalue weighted by molar-refractivity contribution is 7.13. The Morgan fingerprint density at radius 2 is 1.93 bits per heavy atom. The Morgan fingerprint density at radius 1 is 1.00 bits per heavy atom. The lowest BCUT2D eigenvalue weighted by Crippen LogP contribution is -1.99. The van der Waals surface area contributed by atoms with E-state index in [-0.39, 0.29) is 5.82 Å². The van der Waals surface area contributed by atoms with Crippen LogP contribution in [-0.4, -0.2) is 22.1 Å². The highest BCUT2D eigenvalue weighted by Gasteiger charge is 2.10. The van der Waals surface area contributed by atoms with Crippen molar-refractivity contribution >= 4 is 23.0 Å². The number of hydrogen-bond donors (Lipinski definition) is 1. The molecule has 0 spiro atoms. The molecule has 140 valence electrons. The molecule has 6 nitrogen and oxygen atoms in total. The second kappa shape index (κ2) is 8.01. The number of anilines is 2. The van der Waals surface area contributed by atoms with Crippen LogP contribution in [0.4, 0.5) is 16.0 Å². The molecule has 0 amide bonds. The fraction of sp³-hybridized carbons (Fsp3) is 0.0500. The van der Waals surface area contributed by atoms with E-state index in [0.29, 0.717) is 28.9 Å². The van der Waals surface area contributed by atoms with Gasteiger partial charge in [-0.3, -0.25) is 0 Å². The van der Waals surface area contributed by atoms with Crippen molar-refractivity contribution in [3.63, 3.8) is 0 Å². The summed E-state index contributed by atoms with van der Waals surface area (Å²) in [6.07, 6.45) is 3.40. The van der Waals surface area contributed by atoms with Crippen LogP contribution in [0.15, 0.2) is 66.3 Å². The Balaban J connectivity index is 1.59. The molecule has 28 heavy (non-hydrogen) atoms. The van der Waals surface area contributed by atoms with E-state index in [2.05, 4.69) is 20.3 Å². The summed E-state index contributed by atoms with van der Waals surface area (Å²) < 4.78 is 24.6. The summed E-state index contributed by atoms with van der Waals surface area (Å²) in [5.41, 5.74) is 1.43. The van der Waals surface area contributed by atoms with E-state index in [1.54, 1.807) is 49.8 Å². The third kappa shape index (κ3) is 4.07. The molecule has 0 saturated carbocycles. The van der Waals surface area contributed by atoms with Crippen LogP contribution in [0, 0.1) is 5.82 Å². The Bertz CT molecular complexity index is 1090. The van der Waals surface area contributed by atoms with Gasteiger partial charge in [0.05, 0.1) is 7.11 Å². The normalized spacial score (nSPS) is 10.5. The molecule has 2 aromatic carbocycles. The number of hydrogen-bond acceptors (Lipinski definition) is 7. The second-order valence-electron chi connectivity index (χ2n) is 5.65. The van der Waals surface area contributed by atoms with E-state index in [1.165, 1.54) is 23.5 Å². The van der Waals surface area contributed by atoms with E-state index >= 15 is 0 Å². The highest BCUT2D eigenvalue weighted by Crippen LogP contribution is 2.35. The molecule has 0 fully saturated rings. The van der Waals surface area contributed by atoms with Crippen LogP contribution < -0.4 is 14.8 Å². The van der Waals surface area contributed by atoms with Crippen LogP contribution in [0.2, 0.25) is 0 Å². The fourth-order valence-corrected chi connectivity index (χ4v) is 3.12. The molecule has 0 aliphatic heterocycles. The van der Waals surface area contributed by atoms with Crippen molar-refractivity contribution in [3.05, 3.63) is 72.1 Å². The molecule has 2 heterocycles. The van der Waals surface area contributed by atoms with Crippen LogP contribution in [0.1, 0.15) is 0 Å². The zero-order chi connectivity index (χ0) is 19.3. The van der Waals surface area contributed by atoms with Crippen LogP contribution >= 0.6 is 11.3 Å². The lowest BCUT2D eigenvalue weighted by atomic mass is 10.2. The summed E-state index contributed by atoms with van der Waals surface area (Å²) in [4.78, 5) is 13.0. The fourth-order valence-electron chi connectivity index (χ4n) is 2.51. The van der Waals surface area contributed by atoms with Crippen molar-refractivity contribution in [1.29, 1.82) is 0 Å². The molecule has 0 saturated heterocycles. The average molecular weight is 394 g/mol. The summed E-state index contributed by atoms with van der Waals surface area (Å²) in [5.74, 6) is 1.38. The molecule has 8 heteroatoms. The van der Waals surface area contributed by atoms with Crippen molar-refractivity contribution in [2.45, 2.75) is 0 Å². The van der Waals surface area contributed by atoms with Gasteiger partial charge in [0.1, 0.15) is 22.3 Å². The summed E-state index contributed by atoms with van der Waals surface area (Å²) in [5, 5.41) is 5.85. The van der Waals surface area contributed by atoms with Gasteiger partial charge in [-0.05, 0) is 30.3 Å². The zero-order valence-electron chi connectivity index (χ0n) is 14.8. The Labute approximate surface area is 164 Å². The SMILES string of the molecule is COc1ccc(Nc2nccc(-c3nccs3)n2)cc1Oc1cccc(F)c1. The summed E-state index contributed by atoms with van der Waals surface area (Å²) in [6.45, 7) is 0. The third-order valence-electron chi connectivity index (χ3n) is 3.75. The minimum Gasteiger partial charge on any atom is -0.493 e. The number of benzene rings is 2. The van der Waals surface area contributed by atoms with Crippen molar-refractivity contribution in [1.82, 2.24) is 15.0 Å². The van der Waals surface area contributed by atoms with Crippen molar-refractivity contribution < 1.29 is 13.9 Å². The van der Waals surface area contributed by atoms with Crippen LogP contribution in [-0.2, 0) is 0 Å². The number of methoxy groups -OCH3 is 1. The van der Waals surface area contributed by atoms with E-state index in [0.717, 1.165) is 10.7 Å². The number of halogens is 1. The van der Waals surface area contributed by atoms with Gasteiger partial charge in [0, 0.05) is 35.6 Å². The third-order valence-corrected chi connectivity index (χ3v) is 4.55. The standard InChI is InChI=1S/C20H15FN4O2S/c1-26-17-6-5-14(12-18(17)27-15-4-2-3-13(21)11-15)24-20-23-8-7-16(25-20)19-22-9-10-28-19/h2-12H,1H3,(H,23,24,25). The van der Waals surface area contributed by atoms with Gasteiger partial charge in [0.15, 0.2) is 11.5 Å². The topological polar surface area (TPSA) is 69.2 Å². The summed E-state index contributed by atoms with van der Waals surface area (Å²) in [7, 11) is 1.54. The van der Waals surface area contributed by atoms with Crippen LogP contribution in [0.3, 0.4) is 0 Å². The maximum absolute atomic E-state index is 13.4. The monoisotopic (exact) mass is 394 g/mol. The summed E-state index contributed by atoms with van der Waals surface area (Å²) in [6, 6.07) is 13.0. The Kier molecular flexibility index (Phi) is 5.11. The largest absolute Gasteiger partial charge is 0.493 e. The molecule has 0 aliphatic rings. The molecular formula is C20H15FN4O2S. The van der Waals surface area contributed by atoms with Crippen molar-refractivity contribution in [3.8, 4) is 28.0 Å². The molecule has 0 radical (unpaired) electrons. The lowest BCUT2D eigenvalue weighted by Gasteiger charge is -2.13. The average Bonchev–Trinajstić information content (AvgIpc) is 3.23. The number of ether oxygens (including phenoxy) is 2. The van der Waals surface area contributed by atoms with Gasteiger partial charge in [-0.2, -0.15) is 0 Å². The molecule has 0 bridgehead atoms. The van der Waals surface area contributed by atoms with Gasteiger partial charge in [0.25, 0.3) is 0 Å². The van der Waals surface area contributed by atoms with E-state index < -0.39 is 0 Å². The minimum atomic E-state index is -0.377. The van der Waals surface area contributed by atoms with E-state index in [9.17, 15) is 4.39 Å². The smallest absolute Gasteiger partial charge is 0.227 e. The van der Waals surface area contributed by atoms with Crippen LogP contribution in [0.25, 0.3) is 10.7 Å². The number of rotatable bonds is 6. The summed E-state index contributed by atoms with van der Waals surface area (Å²) >= 11 is 1.50. The number of thiazole rings is 1. The van der Waals surface area contributed by atoms with Gasteiger partial charge < -0.3 is 14.8 Å². The molecular weight excluding hydrogens is 379 g/mol. The van der Waals surface area contributed by atoms with Crippen molar-refractivity contribution in [2.24, 2.45) is 0 Å². The highest BCUT2D eigenvalue weighted by atomic mass is 32.1. The lowest BCUT2D eigenvalue weighted by molar-refractivity contribution is 0.378. The predicted octanol–water partition coefficient (Wildman–Crippen LogP) is 5.28. The molecule has 1 N–H and O–H groups in total. The second-order valence-corrected chi connectivity index (χ2v) is 6.55. The molecule has 0 unspecified atom stereocenters. The first-order chi connectivity index (χ1) is 13.7. The maximum atomic E-state index is 13.4. The maximum Gasteiger partial charge on any atom is 0.227 e. The number of aromatic nitrogens is 3. The number of nitrogens with zero attached hydrogens (tertiary/aromatic N) is 3. The first-order valence-corrected chi connectivity index (χ1v) is 9.20. The van der Waals surface area contributed by atoms with Gasteiger partial charge >= 0.3 is 0 Å².